The summed E-state index contributed by atoms with van der Waals surface area (Å²) >= 11 is 16.8. The van der Waals surface area contributed by atoms with Gasteiger partial charge >= 0.3 is 7.82 Å². The van der Waals surface area contributed by atoms with E-state index in [1.54, 1.807) is 0 Å². The van der Waals surface area contributed by atoms with Crippen LogP contribution < -0.4 is 0 Å². The summed E-state index contributed by atoms with van der Waals surface area (Å²) in [6.45, 7) is 10.0. The minimum atomic E-state index is -4.05. The SMILES string of the molecule is C=CC(Cl)OP(=O)(OC(Cl)C=C)OC(Cl)C=C. The Balaban J connectivity index is 4.78. The number of phosphoric acid groups is 1. The molecule has 17 heavy (non-hydrogen) atoms. The standard InChI is InChI=1S/C9H12Cl3O4P/c1-4-7(10)14-17(13,15-8(11)5-2)16-9(12)6-3/h4-9H,1-3H2. The zero-order valence-electron chi connectivity index (χ0n) is 8.80. The van der Waals surface area contributed by atoms with Crippen LogP contribution in [0, 0.1) is 0 Å². The number of rotatable bonds is 9. The van der Waals surface area contributed by atoms with Crippen LogP contribution in [0.15, 0.2) is 38.0 Å². The van der Waals surface area contributed by atoms with Gasteiger partial charge in [0.1, 0.15) is 0 Å². The second-order valence-corrected chi connectivity index (χ2v) is 5.34. The van der Waals surface area contributed by atoms with Crippen molar-refractivity contribution in [1.82, 2.24) is 0 Å². The minimum absolute atomic E-state index is 1.08. The Labute approximate surface area is 115 Å². The lowest BCUT2D eigenvalue weighted by Crippen LogP contribution is -2.11. The molecule has 4 nitrogen and oxygen atoms in total. The van der Waals surface area contributed by atoms with Gasteiger partial charge < -0.3 is 0 Å². The molecule has 3 unspecified atom stereocenters. The average Bonchev–Trinajstić information content (AvgIpc) is 2.27. The first-order valence-electron chi connectivity index (χ1n) is 4.32. The van der Waals surface area contributed by atoms with Crippen molar-refractivity contribution in [1.29, 1.82) is 0 Å². The van der Waals surface area contributed by atoms with E-state index in [4.69, 9.17) is 48.4 Å². The van der Waals surface area contributed by atoms with Gasteiger partial charge in [-0.25, -0.2) is 4.57 Å². The van der Waals surface area contributed by atoms with E-state index in [-0.39, 0.29) is 0 Å². The molecule has 0 aromatic carbocycles. The molecule has 0 rings (SSSR count). The highest BCUT2D eigenvalue weighted by atomic mass is 35.5. The molecule has 0 aromatic rings. The quantitative estimate of drug-likeness (QED) is 0.359. The molecule has 0 saturated carbocycles. The number of alkyl halides is 3. The van der Waals surface area contributed by atoms with E-state index < -0.39 is 24.5 Å². The fourth-order valence-corrected chi connectivity index (χ4v) is 2.60. The van der Waals surface area contributed by atoms with Crippen LogP contribution in [-0.4, -0.2) is 16.7 Å². The molecule has 0 bridgehead atoms. The van der Waals surface area contributed by atoms with Crippen molar-refractivity contribution in [2.75, 3.05) is 0 Å². The van der Waals surface area contributed by atoms with Crippen molar-refractivity contribution >= 4 is 42.6 Å². The van der Waals surface area contributed by atoms with E-state index in [2.05, 4.69) is 19.7 Å². The third kappa shape index (κ3) is 7.27. The Morgan fingerprint density at radius 3 is 1.24 bits per heavy atom. The van der Waals surface area contributed by atoms with Crippen molar-refractivity contribution in [3.63, 3.8) is 0 Å². The Hall–Kier alpha value is 0.200. The van der Waals surface area contributed by atoms with E-state index in [0.29, 0.717) is 0 Å². The normalized spacial score (nSPS) is 19.7. The first kappa shape index (κ1) is 17.2. The molecule has 0 N–H and O–H groups in total. The molecule has 0 aliphatic carbocycles. The lowest BCUT2D eigenvalue weighted by molar-refractivity contribution is 0.114. The summed E-state index contributed by atoms with van der Waals surface area (Å²) in [7, 11) is -4.05. The van der Waals surface area contributed by atoms with Gasteiger partial charge in [-0.15, -0.1) is 0 Å². The predicted molar refractivity (Wildman–Crippen MR) is 70.4 cm³/mol. The van der Waals surface area contributed by atoms with E-state index >= 15 is 0 Å². The second kappa shape index (κ2) is 8.33. The molecule has 0 saturated heterocycles. The molecule has 0 amide bonds. The summed E-state index contributed by atoms with van der Waals surface area (Å²) in [5.74, 6) is 0. The zero-order chi connectivity index (χ0) is 13.5. The number of phosphoric ester groups is 1. The molecule has 0 fully saturated rings. The fraction of sp³-hybridized carbons (Fsp3) is 0.333. The minimum Gasteiger partial charge on any atom is -0.263 e. The van der Waals surface area contributed by atoms with Gasteiger partial charge in [0.05, 0.1) is 0 Å². The van der Waals surface area contributed by atoms with Crippen LogP contribution in [0.5, 0.6) is 0 Å². The summed E-state index contributed by atoms with van der Waals surface area (Å²) in [5, 5.41) is 0. The summed E-state index contributed by atoms with van der Waals surface area (Å²) in [6, 6.07) is 0. The third-order valence-electron chi connectivity index (χ3n) is 1.25. The number of hydrogen-bond acceptors (Lipinski definition) is 4. The molecule has 0 aliphatic heterocycles. The third-order valence-corrected chi connectivity index (χ3v) is 3.88. The topological polar surface area (TPSA) is 44.8 Å². The Kier molecular flexibility index (Phi) is 8.43. The zero-order valence-corrected chi connectivity index (χ0v) is 12.0. The number of hydrogen-bond donors (Lipinski definition) is 0. The molecule has 0 radical (unpaired) electrons. The van der Waals surface area contributed by atoms with Crippen LogP contribution in [0.4, 0.5) is 0 Å². The van der Waals surface area contributed by atoms with Crippen LogP contribution in [0.1, 0.15) is 0 Å². The van der Waals surface area contributed by atoms with Crippen LogP contribution in [-0.2, 0) is 18.1 Å². The largest absolute Gasteiger partial charge is 0.480 e. The van der Waals surface area contributed by atoms with Gasteiger partial charge in [-0.3, -0.25) is 13.6 Å². The van der Waals surface area contributed by atoms with Gasteiger partial charge in [0.2, 0.25) is 0 Å². The van der Waals surface area contributed by atoms with E-state index in [1.807, 2.05) is 0 Å². The molecule has 0 aliphatic rings. The van der Waals surface area contributed by atoms with Crippen LogP contribution in [0.2, 0.25) is 0 Å². The predicted octanol–water partition coefficient (Wildman–Crippen LogP) is 4.40. The smallest absolute Gasteiger partial charge is 0.263 e. The van der Waals surface area contributed by atoms with Gasteiger partial charge in [-0.1, -0.05) is 54.5 Å². The first-order chi connectivity index (χ1) is 7.86. The Bertz CT molecular complexity index is 276. The van der Waals surface area contributed by atoms with Crippen molar-refractivity contribution in [2.24, 2.45) is 0 Å². The molecule has 0 heterocycles. The highest BCUT2D eigenvalue weighted by Crippen LogP contribution is 2.54. The first-order valence-corrected chi connectivity index (χ1v) is 7.09. The van der Waals surface area contributed by atoms with Gasteiger partial charge in [0.15, 0.2) is 16.7 Å². The summed E-state index contributed by atoms with van der Waals surface area (Å²) in [5.41, 5.74) is -3.24. The van der Waals surface area contributed by atoms with Crippen molar-refractivity contribution in [2.45, 2.75) is 16.7 Å². The highest BCUT2D eigenvalue weighted by molar-refractivity contribution is 7.48. The molecular weight excluding hydrogens is 309 g/mol. The maximum atomic E-state index is 12.1. The average molecular weight is 322 g/mol. The summed E-state index contributed by atoms with van der Waals surface area (Å²) in [4.78, 5) is 0. The molecule has 0 spiro atoms. The maximum Gasteiger partial charge on any atom is 0.480 e. The van der Waals surface area contributed by atoms with Gasteiger partial charge in [0.25, 0.3) is 0 Å². The molecule has 98 valence electrons. The van der Waals surface area contributed by atoms with E-state index in [0.717, 1.165) is 0 Å². The van der Waals surface area contributed by atoms with Gasteiger partial charge in [-0.05, 0) is 18.2 Å². The monoisotopic (exact) mass is 320 g/mol. The van der Waals surface area contributed by atoms with Crippen molar-refractivity contribution in [3.05, 3.63) is 38.0 Å². The van der Waals surface area contributed by atoms with E-state index in [1.165, 1.54) is 18.2 Å². The highest BCUT2D eigenvalue weighted by Gasteiger charge is 2.34. The van der Waals surface area contributed by atoms with Gasteiger partial charge in [-0.2, -0.15) is 0 Å². The molecule has 3 atom stereocenters. The van der Waals surface area contributed by atoms with E-state index in [9.17, 15) is 4.57 Å². The van der Waals surface area contributed by atoms with Crippen molar-refractivity contribution < 1.29 is 18.1 Å². The summed E-state index contributed by atoms with van der Waals surface area (Å²) in [6.07, 6.45) is 3.57. The van der Waals surface area contributed by atoms with Crippen LogP contribution >= 0.6 is 42.6 Å². The lowest BCUT2D eigenvalue weighted by atomic mass is 10.7. The van der Waals surface area contributed by atoms with Gasteiger partial charge in [0, 0.05) is 0 Å². The lowest BCUT2D eigenvalue weighted by Gasteiger charge is -2.21. The fourth-order valence-electron chi connectivity index (χ4n) is 0.574. The molecule has 0 aromatic heterocycles. The van der Waals surface area contributed by atoms with Crippen molar-refractivity contribution in [3.8, 4) is 0 Å². The second-order valence-electron chi connectivity index (χ2n) is 2.52. The number of halogens is 3. The Morgan fingerprint density at radius 2 is 1.06 bits per heavy atom. The van der Waals surface area contributed by atoms with Crippen LogP contribution in [0.25, 0.3) is 0 Å². The summed E-state index contributed by atoms with van der Waals surface area (Å²) < 4.78 is 26.5. The van der Waals surface area contributed by atoms with Crippen LogP contribution in [0.3, 0.4) is 0 Å². The molecular formula is C9H12Cl3O4P. The Morgan fingerprint density at radius 1 is 0.824 bits per heavy atom. The maximum absolute atomic E-state index is 12.1. The molecule has 8 heteroatoms.